The highest BCUT2D eigenvalue weighted by molar-refractivity contribution is 7.89. The Balaban J connectivity index is 0.00000256. The monoisotopic (exact) mass is 279 g/mol. The number of nitrogens with two attached hydrogens (primary N) is 1. The number of benzene rings is 1. The van der Waals surface area contributed by atoms with Crippen molar-refractivity contribution in [3.05, 3.63) is 24.3 Å². The number of sulfonamides is 1. The Kier molecular flexibility index (Phi) is 5.42. The minimum absolute atomic E-state index is 0. The molecule has 0 fully saturated rings. The van der Waals surface area contributed by atoms with E-state index < -0.39 is 16.0 Å². The summed E-state index contributed by atoms with van der Waals surface area (Å²) in [4.78, 5) is 11.7. The molecule has 0 saturated heterocycles. The van der Waals surface area contributed by atoms with Gasteiger partial charge in [0.05, 0.1) is 4.90 Å². The zero-order chi connectivity index (χ0) is 12.2. The molecule has 0 atom stereocenters. The Morgan fingerprint density at radius 1 is 1.47 bits per heavy atom. The van der Waals surface area contributed by atoms with Gasteiger partial charge in [0.25, 0.3) is 10.0 Å². The highest BCUT2D eigenvalue weighted by atomic mass is 35.5. The molecule has 0 amide bonds. The second-order valence-corrected chi connectivity index (χ2v) is 4.42. The SMILES string of the molecule is Cl.Nc1cccc(S(=O)(=O)NN=CC(=O)O)c1. The highest BCUT2D eigenvalue weighted by Crippen LogP contribution is 2.12. The minimum Gasteiger partial charge on any atom is -0.477 e. The molecule has 17 heavy (non-hydrogen) atoms. The van der Waals surface area contributed by atoms with Crippen molar-refractivity contribution >= 4 is 40.3 Å². The van der Waals surface area contributed by atoms with Gasteiger partial charge in [0.1, 0.15) is 6.21 Å². The van der Waals surface area contributed by atoms with Crippen molar-refractivity contribution in [1.29, 1.82) is 0 Å². The fourth-order valence-corrected chi connectivity index (χ4v) is 1.73. The van der Waals surface area contributed by atoms with Crippen molar-refractivity contribution in [3.63, 3.8) is 0 Å². The number of halogens is 1. The lowest BCUT2D eigenvalue weighted by atomic mass is 10.3. The van der Waals surface area contributed by atoms with Crippen molar-refractivity contribution < 1.29 is 18.3 Å². The van der Waals surface area contributed by atoms with Gasteiger partial charge < -0.3 is 10.8 Å². The topological polar surface area (TPSA) is 122 Å². The number of hydrogen-bond donors (Lipinski definition) is 3. The molecule has 4 N–H and O–H groups in total. The van der Waals surface area contributed by atoms with Crippen LogP contribution in [0.15, 0.2) is 34.3 Å². The first kappa shape index (κ1) is 15.2. The Morgan fingerprint density at radius 2 is 2.12 bits per heavy atom. The predicted molar refractivity (Wildman–Crippen MR) is 64.6 cm³/mol. The number of aliphatic carboxylic acids is 1. The number of nitrogens with zero attached hydrogens (tertiary/aromatic N) is 1. The third-order valence-corrected chi connectivity index (χ3v) is 2.74. The number of hydrazone groups is 1. The van der Waals surface area contributed by atoms with Crippen LogP contribution in [-0.2, 0) is 14.8 Å². The third kappa shape index (κ3) is 4.70. The van der Waals surface area contributed by atoms with Crippen LogP contribution in [0.4, 0.5) is 5.69 Å². The van der Waals surface area contributed by atoms with Gasteiger partial charge in [-0.2, -0.15) is 18.4 Å². The number of carboxylic acid groups (broad SMARTS) is 1. The molecule has 0 aliphatic heterocycles. The van der Waals surface area contributed by atoms with Crippen LogP contribution in [0.2, 0.25) is 0 Å². The molecule has 9 heteroatoms. The molecule has 1 aromatic rings. The van der Waals surface area contributed by atoms with Crippen LogP contribution in [0.5, 0.6) is 0 Å². The quantitative estimate of drug-likeness (QED) is 0.408. The lowest BCUT2D eigenvalue weighted by Crippen LogP contribution is -2.19. The maximum absolute atomic E-state index is 11.5. The number of carboxylic acids is 1. The molecule has 7 nitrogen and oxygen atoms in total. The van der Waals surface area contributed by atoms with Crippen molar-refractivity contribution in [2.75, 3.05) is 5.73 Å². The van der Waals surface area contributed by atoms with E-state index in [1.807, 2.05) is 0 Å². The smallest absolute Gasteiger partial charge is 0.348 e. The van der Waals surface area contributed by atoms with E-state index in [4.69, 9.17) is 10.8 Å². The maximum atomic E-state index is 11.5. The average Bonchev–Trinajstić information content (AvgIpc) is 2.16. The van der Waals surface area contributed by atoms with Crippen LogP contribution >= 0.6 is 12.4 Å². The van der Waals surface area contributed by atoms with E-state index in [1.165, 1.54) is 24.3 Å². The van der Waals surface area contributed by atoms with Gasteiger partial charge >= 0.3 is 5.97 Å². The summed E-state index contributed by atoms with van der Waals surface area (Å²) in [5.74, 6) is -1.35. The van der Waals surface area contributed by atoms with Gasteiger partial charge in [-0.1, -0.05) is 6.07 Å². The van der Waals surface area contributed by atoms with Gasteiger partial charge in [-0.3, -0.25) is 0 Å². The second kappa shape index (κ2) is 6.06. The highest BCUT2D eigenvalue weighted by Gasteiger charge is 2.12. The maximum Gasteiger partial charge on any atom is 0.348 e. The van der Waals surface area contributed by atoms with Crippen LogP contribution in [0, 0.1) is 0 Å². The number of nitrogens with one attached hydrogen (secondary N) is 1. The molecular formula is C8H10ClN3O4S. The third-order valence-electron chi connectivity index (χ3n) is 1.52. The lowest BCUT2D eigenvalue weighted by molar-refractivity contribution is -0.128. The number of hydrogen-bond acceptors (Lipinski definition) is 5. The second-order valence-electron chi connectivity index (χ2n) is 2.76. The number of nitrogen functional groups attached to an aromatic ring is 1. The number of anilines is 1. The number of carbonyl (C=O) groups is 1. The first-order valence-electron chi connectivity index (χ1n) is 4.05. The van der Waals surface area contributed by atoms with E-state index >= 15 is 0 Å². The largest absolute Gasteiger partial charge is 0.477 e. The Bertz CT molecular complexity index is 529. The van der Waals surface area contributed by atoms with E-state index in [-0.39, 0.29) is 23.0 Å². The first-order valence-corrected chi connectivity index (χ1v) is 5.53. The Labute approximate surface area is 104 Å². The zero-order valence-electron chi connectivity index (χ0n) is 8.40. The summed E-state index contributed by atoms with van der Waals surface area (Å²) < 4.78 is 23.0. The molecule has 0 aliphatic rings. The summed E-state index contributed by atoms with van der Waals surface area (Å²) in [7, 11) is -3.87. The van der Waals surface area contributed by atoms with Crippen molar-refractivity contribution in [2.45, 2.75) is 4.90 Å². The van der Waals surface area contributed by atoms with E-state index in [9.17, 15) is 13.2 Å². The van der Waals surface area contributed by atoms with E-state index in [1.54, 1.807) is 4.83 Å². The Morgan fingerprint density at radius 3 is 2.65 bits per heavy atom. The molecule has 0 aliphatic carbocycles. The molecule has 0 heterocycles. The standard InChI is InChI=1S/C8H9N3O4S.ClH/c9-6-2-1-3-7(4-6)16(14,15)11-10-5-8(12)13;/h1-5,11H,9H2,(H,12,13);1H. The summed E-state index contributed by atoms with van der Waals surface area (Å²) >= 11 is 0. The van der Waals surface area contributed by atoms with Crippen LogP contribution in [0.25, 0.3) is 0 Å². The molecule has 1 rings (SSSR count). The summed E-state index contributed by atoms with van der Waals surface area (Å²) in [6.07, 6.45) is 0.434. The van der Waals surface area contributed by atoms with Crippen LogP contribution in [0.3, 0.4) is 0 Å². The molecule has 1 aromatic carbocycles. The molecule has 0 spiro atoms. The average molecular weight is 280 g/mol. The van der Waals surface area contributed by atoms with Crippen molar-refractivity contribution in [3.8, 4) is 0 Å². The minimum atomic E-state index is -3.87. The van der Waals surface area contributed by atoms with E-state index in [2.05, 4.69) is 5.10 Å². The van der Waals surface area contributed by atoms with Gasteiger partial charge in [-0.25, -0.2) is 4.79 Å². The first-order chi connectivity index (χ1) is 7.42. The molecule has 0 saturated carbocycles. The van der Waals surface area contributed by atoms with Gasteiger partial charge in [0.15, 0.2) is 0 Å². The van der Waals surface area contributed by atoms with Crippen LogP contribution in [0.1, 0.15) is 0 Å². The summed E-state index contributed by atoms with van der Waals surface area (Å²) in [6, 6.07) is 5.54. The lowest BCUT2D eigenvalue weighted by Gasteiger charge is -2.03. The molecule has 0 bridgehead atoms. The van der Waals surface area contributed by atoms with Crippen molar-refractivity contribution in [2.24, 2.45) is 5.10 Å². The van der Waals surface area contributed by atoms with Gasteiger partial charge in [-0.15, -0.1) is 12.4 Å². The van der Waals surface area contributed by atoms with Gasteiger partial charge in [0, 0.05) is 5.69 Å². The summed E-state index contributed by atoms with van der Waals surface area (Å²) in [5, 5.41) is 11.3. The summed E-state index contributed by atoms with van der Waals surface area (Å²) in [6.45, 7) is 0. The fraction of sp³-hybridized carbons (Fsp3) is 0. The van der Waals surface area contributed by atoms with E-state index in [0.717, 1.165) is 0 Å². The molecular weight excluding hydrogens is 270 g/mol. The zero-order valence-corrected chi connectivity index (χ0v) is 10.0. The molecule has 94 valence electrons. The molecule has 0 radical (unpaired) electrons. The molecule has 0 unspecified atom stereocenters. The number of rotatable bonds is 4. The van der Waals surface area contributed by atoms with Gasteiger partial charge in [0.2, 0.25) is 0 Å². The molecule has 0 aromatic heterocycles. The van der Waals surface area contributed by atoms with Crippen LogP contribution in [-0.4, -0.2) is 25.7 Å². The van der Waals surface area contributed by atoms with Gasteiger partial charge in [-0.05, 0) is 18.2 Å². The van der Waals surface area contributed by atoms with E-state index in [0.29, 0.717) is 6.21 Å². The fourth-order valence-electron chi connectivity index (χ4n) is 0.885. The summed E-state index contributed by atoms with van der Waals surface area (Å²) in [5.41, 5.74) is 5.69. The Hall–Kier alpha value is -1.80. The predicted octanol–water partition coefficient (Wildman–Crippen LogP) is 0.0393. The van der Waals surface area contributed by atoms with Crippen LogP contribution < -0.4 is 10.6 Å². The normalized spacial score (nSPS) is 10.8. The van der Waals surface area contributed by atoms with Crippen molar-refractivity contribution in [1.82, 2.24) is 4.83 Å².